The molecule has 0 atom stereocenters. The van der Waals surface area contributed by atoms with Gasteiger partial charge in [0, 0.05) is 23.5 Å². The average Bonchev–Trinajstić information content (AvgIpc) is 2.90. The molecule has 0 radical (unpaired) electrons. The molecule has 2 aromatic heterocycles. The molecule has 0 saturated carbocycles. The third-order valence-electron chi connectivity index (χ3n) is 5.85. The van der Waals surface area contributed by atoms with E-state index in [9.17, 15) is 0 Å². The van der Waals surface area contributed by atoms with Gasteiger partial charge in [0.25, 0.3) is 0 Å². The van der Waals surface area contributed by atoms with Crippen molar-refractivity contribution >= 4 is 0 Å². The van der Waals surface area contributed by atoms with Gasteiger partial charge in [0.2, 0.25) is 0 Å². The van der Waals surface area contributed by atoms with Crippen LogP contribution in [0.2, 0.25) is 0 Å². The van der Waals surface area contributed by atoms with Gasteiger partial charge in [0.15, 0.2) is 0 Å². The summed E-state index contributed by atoms with van der Waals surface area (Å²) in [5.74, 6) is 0. The van der Waals surface area contributed by atoms with Crippen LogP contribution in [0.5, 0.6) is 0 Å². The van der Waals surface area contributed by atoms with Crippen LogP contribution in [0.3, 0.4) is 0 Å². The Morgan fingerprint density at radius 2 is 1.03 bits per heavy atom. The van der Waals surface area contributed by atoms with E-state index >= 15 is 0 Å². The number of nitrogens with zero attached hydrogens (tertiary/aromatic N) is 2. The van der Waals surface area contributed by atoms with Crippen LogP contribution in [0.1, 0.15) is 57.1 Å². The van der Waals surface area contributed by atoms with Crippen molar-refractivity contribution in [3.05, 3.63) is 108 Å². The third kappa shape index (κ3) is 7.68. The maximum absolute atomic E-state index is 4.47. The van der Waals surface area contributed by atoms with Crippen LogP contribution >= 0.6 is 0 Å². The predicted octanol–water partition coefficient (Wildman–Crippen LogP) is 8.57. The van der Waals surface area contributed by atoms with Gasteiger partial charge in [-0.1, -0.05) is 100 Å². The second-order valence-electron chi connectivity index (χ2n) is 8.26. The lowest BCUT2D eigenvalue weighted by molar-refractivity contribution is 0.632. The fourth-order valence-electron chi connectivity index (χ4n) is 4.03. The Bertz CT molecular complexity index is 1060. The zero-order chi connectivity index (χ0) is 23.1. The van der Waals surface area contributed by atoms with Crippen LogP contribution in [0.15, 0.2) is 97.3 Å². The van der Waals surface area contributed by atoms with E-state index in [-0.39, 0.29) is 0 Å². The Balaban J connectivity index is 0.000000194. The lowest BCUT2D eigenvalue weighted by atomic mass is 9.98. The zero-order valence-corrected chi connectivity index (χ0v) is 20.1. The summed E-state index contributed by atoms with van der Waals surface area (Å²) in [5.41, 5.74) is 7.47. The first kappa shape index (κ1) is 24.4. The molecular weight excluding hydrogens is 400 g/mol. The molecule has 0 amide bonds. The van der Waals surface area contributed by atoms with Crippen LogP contribution in [0, 0.1) is 0 Å². The van der Waals surface area contributed by atoms with Crippen molar-refractivity contribution in [2.24, 2.45) is 0 Å². The Morgan fingerprint density at radius 3 is 1.58 bits per heavy atom. The molecule has 2 heteroatoms. The molecule has 0 aliphatic heterocycles. The Morgan fingerprint density at radius 1 is 0.515 bits per heavy atom. The summed E-state index contributed by atoms with van der Waals surface area (Å²) < 4.78 is 0. The van der Waals surface area contributed by atoms with Gasteiger partial charge < -0.3 is 0 Å². The van der Waals surface area contributed by atoms with Crippen molar-refractivity contribution in [3.8, 4) is 22.5 Å². The second kappa shape index (κ2) is 14.0. The summed E-state index contributed by atoms with van der Waals surface area (Å²) in [6, 6.07) is 29.2. The summed E-state index contributed by atoms with van der Waals surface area (Å²) in [6.07, 6.45) is 12.6. The highest BCUT2D eigenvalue weighted by atomic mass is 14.7. The van der Waals surface area contributed by atoms with E-state index in [1.165, 1.54) is 54.4 Å². The summed E-state index contributed by atoms with van der Waals surface area (Å²) in [6.45, 7) is 4.43. The monoisotopic (exact) mass is 436 g/mol. The molecule has 33 heavy (non-hydrogen) atoms. The molecule has 2 aromatic carbocycles. The Kier molecular flexibility index (Phi) is 10.3. The maximum Gasteiger partial charge on any atom is 0.0704 e. The number of rotatable bonds is 9. The quantitative estimate of drug-likeness (QED) is 0.246. The smallest absolute Gasteiger partial charge is 0.0704 e. The predicted molar refractivity (Wildman–Crippen MR) is 141 cm³/mol. The summed E-state index contributed by atoms with van der Waals surface area (Å²) in [5, 5.41) is 0. The molecule has 4 rings (SSSR count). The van der Waals surface area contributed by atoms with E-state index in [2.05, 4.69) is 90.5 Å². The normalized spacial score (nSPS) is 10.4. The topological polar surface area (TPSA) is 25.8 Å². The fourth-order valence-corrected chi connectivity index (χ4v) is 4.03. The van der Waals surface area contributed by atoms with Crippen molar-refractivity contribution in [2.45, 2.75) is 58.8 Å². The number of unbranched alkanes of at least 4 members (excludes halogenated alkanes) is 4. The molecular formula is C31H36N2. The molecule has 0 fully saturated rings. The lowest BCUT2D eigenvalue weighted by Crippen LogP contribution is -1.92. The molecule has 2 heterocycles. The lowest BCUT2D eigenvalue weighted by Gasteiger charge is -2.08. The van der Waals surface area contributed by atoms with E-state index in [1.54, 1.807) is 0 Å². The minimum Gasteiger partial charge on any atom is -0.256 e. The molecule has 0 aliphatic carbocycles. The van der Waals surface area contributed by atoms with Gasteiger partial charge in [-0.15, -0.1) is 0 Å². The summed E-state index contributed by atoms with van der Waals surface area (Å²) in [7, 11) is 0. The van der Waals surface area contributed by atoms with E-state index in [1.807, 2.05) is 30.6 Å². The van der Waals surface area contributed by atoms with Crippen LogP contribution in [0.4, 0.5) is 0 Å². The molecule has 0 saturated heterocycles. The van der Waals surface area contributed by atoms with E-state index in [0.717, 1.165) is 24.2 Å². The van der Waals surface area contributed by atoms with Crippen molar-refractivity contribution < 1.29 is 0 Å². The molecule has 0 aliphatic rings. The van der Waals surface area contributed by atoms with Gasteiger partial charge in [-0.25, -0.2) is 0 Å². The van der Waals surface area contributed by atoms with Gasteiger partial charge in [-0.05, 0) is 54.7 Å². The minimum atomic E-state index is 1.05. The van der Waals surface area contributed by atoms with Gasteiger partial charge in [0.05, 0.1) is 11.4 Å². The molecule has 170 valence electrons. The first-order chi connectivity index (χ1) is 16.3. The highest BCUT2D eigenvalue weighted by molar-refractivity contribution is 5.64. The van der Waals surface area contributed by atoms with Crippen molar-refractivity contribution in [1.82, 2.24) is 9.97 Å². The molecule has 0 N–H and O–H groups in total. The molecule has 0 unspecified atom stereocenters. The summed E-state index contributed by atoms with van der Waals surface area (Å²) in [4.78, 5) is 8.82. The van der Waals surface area contributed by atoms with Crippen LogP contribution < -0.4 is 0 Å². The van der Waals surface area contributed by atoms with Gasteiger partial charge in [-0.2, -0.15) is 0 Å². The Hall–Kier alpha value is -3.26. The van der Waals surface area contributed by atoms with Gasteiger partial charge in [0.1, 0.15) is 0 Å². The average molecular weight is 437 g/mol. The maximum atomic E-state index is 4.47. The molecule has 4 aromatic rings. The standard InChI is InChI=1S/C18H23N.C13H13N/c1-2-3-4-5-6-11-16-12-7-8-13-17(16)18-14-9-10-15-19-18;1-2-11-7-3-4-8-12(11)13-9-5-6-10-14-13/h7-10,12-15H,2-6,11H2,1H3;3-10H,2H2,1H3. The largest absolute Gasteiger partial charge is 0.256 e. The third-order valence-corrected chi connectivity index (χ3v) is 5.85. The van der Waals surface area contributed by atoms with Crippen molar-refractivity contribution in [3.63, 3.8) is 0 Å². The minimum absolute atomic E-state index is 1.05. The molecule has 0 bridgehead atoms. The van der Waals surface area contributed by atoms with Gasteiger partial charge >= 0.3 is 0 Å². The van der Waals surface area contributed by atoms with E-state index in [0.29, 0.717) is 0 Å². The van der Waals surface area contributed by atoms with E-state index < -0.39 is 0 Å². The van der Waals surface area contributed by atoms with Crippen LogP contribution in [0.25, 0.3) is 22.5 Å². The first-order valence-electron chi connectivity index (χ1n) is 12.3. The Labute approximate surface area is 199 Å². The zero-order valence-electron chi connectivity index (χ0n) is 20.1. The van der Waals surface area contributed by atoms with E-state index in [4.69, 9.17) is 0 Å². The number of benzene rings is 2. The summed E-state index contributed by atoms with van der Waals surface area (Å²) >= 11 is 0. The highest BCUT2D eigenvalue weighted by Crippen LogP contribution is 2.23. The number of hydrogen-bond donors (Lipinski definition) is 0. The highest BCUT2D eigenvalue weighted by Gasteiger charge is 2.05. The van der Waals surface area contributed by atoms with Crippen molar-refractivity contribution in [1.29, 1.82) is 0 Å². The second-order valence-corrected chi connectivity index (χ2v) is 8.26. The molecule has 2 nitrogen and oxygen atoms in total. The first-order valence-corrected chi connectivity index (χ1v) is 12.3. The number of pyridine rings is 2. The fraction of sp³-hybridized carbons (Fsp3) is 0.290. The van der Waals surface area contributed by atoms with Gasteiger partial charge in [-0.3, -0.25) is 9.97 Å². The SMILES string of the molecule is CCCCCCCc1ccccc1-c1ccccn1.CCc1ccccc1-c1ccccn1. The van der Waals surface area contributed by atoms with Crippen LogP contribution in [-0.2, 0) is 12.8 Å². The molecule has 0 spiro atoms. The number of aromatic nitrogens is 2. The van der Waals surface area contributed by atoms with Crippen LogP contribution in [-0.4, -0.2) is 9.97 Å². The number of hydrogen-bond acceptors (Lipinski definition) is 2. The number of aryl methyl sites for hydroxylation is 2. The van der Waals surface area contributed by atoms with Crippen molar-refractivity contribution in [2.75, 3.05) is 0 Å².